The molecule has 25 heavy (non-hydrogen) atoms. The highest BCUT2D eigenvalue weighted by Gasteiger charge is 2.08. The lowest BCUT2D eigenvalue weighted by molar-refractivity contribution is -0.104. The molecule has 130 valence electrons. The van der Waals surface area contributed by atoms with Gasteiger partial charge >= 0.3 is 0 Å². The summed E-state index contributed by atoms with van der Waals surface area (Å²) < 4.78 is 2.11. The van der Waals surface area contributed by atoms with E-state index >= 15 is 0 Å². The van der Waals surface area contributed by atoms with Crippen LogP contribution in [0.1, 0.15) is 11.1 Å². The SMILES string of the molecule is CNO.Cn1c(SCc2ccccc2)nc2cc(/C=C/C=O)ccc21. The largest absolute Gasteiger partial charge is 0.322 e. The molecule has 0 fully saturated rings. The van der Waals surface area contributed by atoms with Crippen LogP contribution in [0, 0.1) is 0 Å². The Bertz CT molecular complexity index is 845. The van der Waals surface area contributed by atoms with Crippen LogP contribution in [0.3, 0.4) is 0 Å². The van der Waals surface area contributed by atoms with E-state index < -0.39 is 0 Å². The minimum Gasteiger partial charge on any atom is -0.322 e. The van der Waals surface area contributed by atoms with Crippen molar-refractivity contribution < 1.29 is 10.0 Å². The molecule has 3 rings (SSSR count). The highest BCUT2D eigenvalue weighted by molar-refractivity contribution is 7.98. The lowest BCUT2D eigenvalue weighted by atomic mass is 10.2. The van der Waals surface area contributed by atoms with E-state index in [1.165, 1.54) is 18.7 Å². The summed E-state index contributed by atoms with van der Waals surface area (Å²) in [5.74, 6) is 0.899. The number of hydroxylamine groups is 1. The van der Waals surface area contributed by atoms with Crippen molar-refractivity contribution in [2.24, 2.45) is 7.05 Å². The molecule has 5 nitrogen and oxygen atoms in total. The van der Waals surface area contributed by atoms with Crippen molar-refractivity contribution in [3.05, 3.63) is 65.7 Å². The third kappa shape index (κ3) is 5.29. The Kier molecular flexibility index (Phi) is 7.40. The van der Waals surface area contributed by atoms with Gasteiger partial charge in [-0.3, -0.25) is 4.79 Å². The average Bonchev–Trinajstić information content (AvgIpc) is 2.95. The number of hydrogen-bond donors (Lipinski definition) is 2. The lowest BCUT2D eigenvalue weighted by Crippen LogP contribution is -1.91. The molecule has 2 aromatic carbocycles. The minimum absolute atomic E-state index is 0.782. The van der Waals surface area contributed by atoms with E-state index in [0.29, 0.717) is 0 Å². The normalized spacial score (nSPS) is 10.7. The van der Waals surface area contributed by atoms with Crippen LogP contribution in [0.4, 0.5) is 0 Å². The number of carbonyl (C=O) groups is 1. The zero-order chi connectivity index (χ0) is 18.1. The molecule has 0 atom stereocenters. The molecule has 2 N–H and O–H groups in total. The van der Waals surface area contributed by atoms with E-state index in [2.05, 4.69) is 28.8 Å². The van der Waals surface area contributed by atoms with Crippen molar-refractivity contribution in [3.8, 4) is 0 Å². The lowest BCUT2D eigenvalue weighted by Gasteiger charge is -2.02. The van der Waals surface area contributed by atoms with Gasteiger partial charge in [-0.15, -0.1) is 0 Å². The number of aryl methyl sites for hydroxylation is 1. The van der Waals surface area contributed by atoms with Crippen molar-refractivity contribution in [3.63, 3.8) is 0 Å². The number of allylic oxidation sites excluding steroid dienone is 1. The first kappa shape index (κ1) is 18.9. The van der Waals surface area contributed by atoms with Gasteiger partial charge in [0.15, 0.2) is 5.16 Å². The fourth-order valence-corrected chi connectivity index (χ4v) is 3.24. The van der Waals surface area contributed by atoms with Crippen LogP contribution in [0.15, 0.2) is 59.8 Å². The number of rotatable bonds is 5. The molecule has 3 aromatic rings. The first-order chi connectivity index (χ1) is 12.2. The second-order valence-electron chi connectivity index (χ2n) is 5.19. The van der Waals surface area contributed by atoms with E-state index in [1.807, 2.05) is 31.3 Å². The molecule has 1 heterocycles. The Morgan fingerprint density at radius 2 is 1.96 bits per heavy atom. The third-order valence-corrected chi connectivity index (χ3v) is 4.54. The molecule has 0 saturated heterocycles. The quantitative estimate of drug-likeness (QED) is 0.316. The number of imidazole rings is 1. The predicted octanol–water partition coefficient (Wildman–Crippen LogP) is 3.67. The number of hydrogen-bond acceptors (Lipinski definition) is 5. The molecule has 0 aliphatic heterocycles. The molecule has 0 radical (unpaired) electrons. The Hall–Kier alpha value is -2.41. The monoisotopic (exact) mass is 355 g/mol. The number of fused-ring (bicyclic) bond motifs is 1. The molecular weight excluding hydrogens is 334 g/mol. The van der Waals surface area contributed by atoms with E-state index in [1.54, 1.807) is 23.3 Å². The van der Waals surface area contributed by atoms with Crippen molar-refractivity contribution in [2.75, 3.05) is 7.05 Å². The maximum atomic E-state index is 10.4. The second kappa shape index (κ2) is 9.78. The van der Waals surface area contributed by atoms with Gasteiger partial charge in [0.25, 0.3) is 0 Å². The molecule has 0 unspecified atom stereocenters. The van der Waals surface area contributed by atoms with Crippen LogP contribution >= 0.6 is 11.8 Å². The predicted molar refractivity (Wildman–Crippen MR) is 103 cm³/mol. The van der Waals surface area contributed by atoms with Crippen LogP contribution in [0.25, 0.3) is 17.1 Å². The molecule has 1 aromatic heterocycles. The Morgan fingerprint density at radius 1 is 1.24 bits per heavy atom. The van der Waals surface area contributed by atoms with Crippen LogP contribution in [-0.2, 0) is 17.6 Å². The van der Waals surface area contributed by atoms with Gasteiger partial charge in [0.1, 0.15) is 6.29 Å². The molecule has 0 bridgehead atoms. The van der Waals surface area contributed by atoms with Crippen molar-refractivity contribution >= 4 is 35.2 Å². The maximum Gasteiger partial charge on any atom is 0.169 e. The average molecular weight is 355 g/mol. The number of aldehydes is 1. The smallest absolute Gasteiger partial charge is 0.169 e. The van der Waals surface area contributed by atoms with Crippen LogP contribution < -0.4 is 5.48 Å². The summed E-state index contributed by atoms with van der Waals surface area (Å²) >= 11 is 1.73. The Labute approximate surface area is 151 Å². The van der Waals surface area contributed by atoms with Crippen molar-refractivity contribution in [1.82, 2.24) is 15.0 Å². The summed E-state index contributed by atoms with van der Waals surface area (Å²) in [6.07, 6.45) is 4.07. The Balaban J connectivity index is 0.000000701. The summed E-state index contributed by atoms with van der Waals surface area (Å²) in [7, 11) is 3.46. The third-order valence-electron chi connectivity index (χ3n) is 3.44. The fraction of sp³-hybridized carbons (Fsp3) is 0.158. The number of nitrogens with one attached hydrogen (secondary N) is 1. The molecule has 6 heteroatoms. The molecule has 0 saturated carbocycles. The molecule has 0 aliphatic rings. The zero-order valence-electron chi connectivity index (χ0n) is 14.2. The summed E-state index contributed by atoms with van der Waals surface area (Å²) in [5, 5.41) is 8.32. The number of thioether (sulfide) groups is 1. The summed E-state index contributed by atoms with van der Waals surface area (Å²) in [6, 6.07) is 16.4. The fourth-order valence-electron chi connectivity index (χ4n) is 2.30. The second-order valence-corrected chi connectivity index (χ2v) is 6.14. The standard InChI is InChI=1S/C18H16N2OS.CH5NO/c1-20-17-10-9-14(8-5-11-21)12-16(17)19-18(20)22-13-15-6-3-2-4-7-15;1-2-3/h2-12H,13H2,1H3;2-3H,1H3/b8-5+;. The van der Waals surface area contributed by atoms with Crippen molar-refractivity contribution in [1.29, 1.82) is 0 Å². The van der Waals surface area contributed by atoms with Crippen molar-refractivity contribution in [2.45, 2.75) is 10.9 Å². The Morgan fingerprint density at radius 3 is 2.64 bits per heavy atom. The van der Waals surface area contributed by atoms with Crippen LogP contribution in [0.5, 0.6) is 0 Å². The first-order valence-electron chi connectivity index (χ1n) is 7.75. The van der Waals surface area contributed by atoms with Gasteiger partial charge in [-0.05, 0) is 29.3 Å². The summed E-state index contributed by atoms with van der Waals surface area (Å²) in [6.45, 7) is 0. The summed E-state index contributed by atoms with van der Waals surface area (Å²) in [5.41, 5.74) is 6.07. The first-order valence-corrected chi connectivity index (χ1v) is 8.74. The number of carbonyl (C=O) groups excluding carboxylic acids is 1. The van der Waals surface area contributed by atoms with E-state index in [0.717, 1.165) is 33.8 Å². The molecular formula is C19H21N3O2S. The van der Waals surface area contributed by atoms with Gasteiger partial charge in [0.2, 0.25) is 0 Å². The molecule has 0 aliphatic carbocycles. The van der Waals surface area contributed by atoms with Gasteiger partial charge in [0, 0.05) is 19.8 Å². The highest BCUT2D eigenvalue weighted by Crippen LogP contribution is 2.26. The van der Waals surface area contributed by atoms with E-state index in [4.69, 9.17) is 10.2 Å². The van der Waals surface area contributed by atoms with Gasteiger partial charge in [0.05, 0.1) is 11.0 Å². The zero-order valence-corrected chi connectivity index (χ0v) is 15.0. The summed E-state index contributed by atoms with van der Waals surface area (Å²) in [4.78, 5) is 15.1. The molecule has 0 spiro atoms. The van der Waals surface area contributed by atoms with Gasteiger partial charge in [-0.25, -0.2) is 10.5 Å². The molecule has 0 amide bonds. The van der Waals surface area contributed by atoms with Gasteiger partial charge in [-0.2, -0.15) is 0 Å². The highest BCUT2D eigenvalue weighted by atomic mass is 32.2. The van der Waals surface area contributed by atoms with Crippen LogP contribution in [-0.4, -0.2) is 28.1 Å². The topological polar surface area (TPSA) is 67.2 Å². The number of nitrogens with zero attached hydrogens (tertiary/aromatic N) is 2. The number of benzene rings is 2. The van der Waals surface area contributed by atoms with Crippen LogP contribution in [0.2, 0.25) is 0 Å². The maximum absolute atomic E-state index is 10.4. The van der Waals surface area contributed by atoms with Gasteiger partial charge in [-0.1, -0.05) is 54.2 Å². The van der Waals surface area contributed by atoms with E-state index in [-0.39, 0.29) is 0 Å². The van der Waals surface area contributed by atoms with Gasteiger partial charge < -0.3 is 9.77 Å². The van der Waals surface area contributed by atoms with E-state index in [9.17, 15) is 4.79 Å². The minimum atomic E-state index is 0.782. The number of aromatic nitrogens is 2.